The van der Waals surface area contributed by atoms with Gasteiger partial charge in [0.1, 0.15) is 17.7 Å². The van der Waals surface area contributed by atoms with Gasteiger partial charge in [0.2, 0.25) is 0 Å². The Bertz CT molecular complexity index is 743. The molecular weight excluding hydrogens is 330 g/mol. The minimum Gasteiger partial charge on any atom is -0.386 e. The lowest BCUT2D eigenvalue weighted by Crippen LogP contribution is -2.28. The van der Waals surface area contributed by atoms with Crippen LogP contribution < -0.4 is 5.32 Å². The summed E-state index contributed by atoms with van der Waals surface area (Å²) in [5.74, 6) is -2.51. The fourth-order valence-corrected chi connectivity index (χ4v) is 2.88. The van der Waals surface area contributed by atoms with E-state index >= 15 is 0 Å². The van der Waals surface area contributed by atoms with Gasteiger partial charge in [-0.1, -0.05) is 6.07 Å². The molecule has 1 atom stereocenters. The molecule has 1 amide bonds. The van der Waals surface area contributed by atoms with Crippen molar-refractivity contribution >= 4 is 22.9 Å². The highest BCUT2D eigenvalue weighted by Crippen LogP contribution is 2.28. The number of aliphatic hydroxyl groups excluding tert-OH is 1. The number of rotatable bonds is 5. The SMILES string of the molecule is Cc1sc(C(=O)NCC(O)c2c(F)cccc2F)cc1[N+](=O)[O-]. The number of nitro groups is 1. The third-order valence-corrected chi connectivity index (χ3v) is 4.14. The first-order valence-corrected chi connectivity index (χ1v) is 7.28. The highest BCUT2D eigenvalue weighted by atomic mass is 32.1. The van der Waals surface area contributed by atoms with Gasteiger partial charge in [0, 0.05) is 12.6 Å². The van der Waals surface area contributed by atoms with Gasteiger partial charge in [-0.15, -0.1) is 11.3 Å². The van der Waals surface area contributed by atoms with Crippen LogP contribution in [0.1, 0.15) is 26.2 Å². The van der Waals surface area contributed by atoms with E-state index in [2.05, 4.69) is 5.32 Å². The van der Waals surface area contributed by atoms with Crippen LogP contribution in [0.4, 0.5) is 14.5 Å². The van der Waals surface area contributed by atoms with Crippen LogP contribution >= 0.6 is 11.3 Å². The van der Waals surface area contributed by atoms with Gasteiger partial charge in [-0.2, -0.15) is 0 Å². The first kappa shape index (κ1) is 17.0. The van der Waals surface area contributed by atoms with Crippen LogP contribution in [-0.4, -0.2) is 22.5 Å². The Labute approximate surface area is 133 Å². The summed E-state index contributed by atoms with van der Waals surface area (Å²) in [7, 11) is 0. The van der Waals surface area contributed by atoms with E-state index in [-0.39, 0.29) is 10.6 Å². The number of carbonyl (C=O) groups excluding carboxylic acids is 1. The molecule has 2 aromatic rings. The number of thiophene rings is 1. The summed E-state index contributed by atoms with van der Waals surface area (Å²) < 4.78 is 27.0. The van der Waals surface area contributed by atoms with Crippen molar-refractivity contribution in [2.75, 3.05) is 6.54 Å². The van der Waals surface area contributed by atoms with E-state index in [0.717, 1.165) is 35.6 Å². The van der Waals surface area contributed by atoms with E-state index in [1.165, 1.54) is 6.92 Å². The van der Waals surface area contributed by atoms with E-state index in [1.807, 2.05) is 0 Å². The third-order valence-electron chi connectivity index (χ3n) is 3.10. The molecule has 0 fully saturated rings. The van der Waals surface area contributed by atoms with Crippen molar-refractivity contribution in [3.05, 3.63) is 61.3 Å². The Balaban J connectivity index is 2.07. The molecule has 122 valence electrons. The molecule has 0 bridgehead atoms. The Morgan fingerprint density at radius 1 is 1.43 bits per heavy atom. The molecule has 0 spiro atoms. The summed E-state index contributed by atoms with van der Waals surface area (Å²) in [5, 5.41) is 22.9. The number of benzene rings is 1. The second kappa shape index (κ2) is 6.80. The fraction of sp³-hybridized carbons (Fsp3) is 0.214. The molecule has 0 saturated carbocycles. The van der Waals surface area contributed by atoms with Crippen molar-refractivity contribution in [3.8, 4) is 0 Å². The zero-order chi connectivity index (χ0) is 17.1. The summed E-state index contributed by atoms with van der Waals surface area (Å²) in [5.41, 5.74) is -0.720. The maximum Gasteiger partial charge on any atom is 0.283 e. The van der Waals surface area contributed by atoms with Crippen LogP contribution in [0.3, 0.4) is 0 Å². The standard InChI is InChI=1S/C14H12F2N2O4S/c1-7-10(18(21)22)5-12(23-7)14(20)17-6-11(19)13-8(15)3-2-4-9(13)16/h2-5,11,19H,6H2,1H3,(H,17,20). The number of hydrogen-bond donors (Lipinski definition) is 2. The van der Waals surface area contributed by atoms with E-state index in [1.54, 1.807) is 0 Å². The minimum absolute atomic E-state index is 0.0791. The predicted octanol–water partition coefficient (Wildman–Crippen LogP) is 2.71. The van der Waals surface area contributed by atoms with Gasteiger partial charge in [-0.05, 0) is 19.1 Å². The van der Waals surface area contributed by atoms with E-state index < -0.39 is 40.7 Å². The molecule has 1 unspecified atom stereocenters. The first-order valence-electron chi connectivity index (χ1n) is 6.46. The number of nitrogens with zero attached hydrogens (tertiary/aromatic N) is 1. The largest absolute Gasteiger partial charge is 0.386 e. The van der Waals surface area contributed by atoms with E-state index in [0.29, 0.717) is 4.88 Å². The summed E-state index contributed by atoms with van der Waals surface area (Å²) in [4.78, 5) is 22.5. The third kappa shape index (κ3) is 3.69. The van der Waals surface area contributed by atoms with E-state index in [9.17, 15) is 28.8 Å². The van der Waals surface area contributed by atoms with Gasteiger partial charge in [0.05, 0.1) is 20.2 Å². The Hall–Kier alpha value is -2.39. The number of nitrogens with one attached hydrogen (secondary N) is 1. The van der Waals surface area contributed by atoms with Crippen molar-refractivity contribution < 1.29 is 23.6 Å². The van der Waals surface area contributed by atoms with Crippen molar-refractivity contribution in [1.29, 1.82) is 0 Å². The van der Waals surface area contributed by atoms with Crippen LogP contribution in [0.5, 0.6) is 0 Å². The number of aryl methyl sites for hydroxylation is 1. The second-order valence-corrected chi connectivity index (χ2v) is 5.93. The highest BCUT2D eigenvalue weighted by molar-refractivity contribution is 7.14. The van der Waals surface area contributed by atoms with Crippen LogP contribution in [0.25, 0.3) is 0 Å². The van der Waals surface area contributed by atoms with Crippen LogP contribution in [-0.2, 0) is 0 Å². The van der Waals surface area contributed by atoms with E-state index in [4.69, 9.17) is 0 Å². The maximum absolute atomic E-state index is 13.5. The fourth-order valence-electron chi connectivity index (χ4n) is 1.97. The lowest BCUT2D eigenvalue weighted by atomic mass is 10.1. The monoisotopic (exact) mass is 342 g/mol. The van der Waals surface area contributed by atoms with Crippen LogP contribution in [0, 0.1) is 28.7 Å². The molecule has 1 heterocycles. The van der Waals surface area contributed by atoms with Gasteiger partial charge < -0.3 is 10.4 Å². The first-order chi connectivity index (χ1) is 10.8. The van der Waals surface area contributed by atoms with Crippen molar-refractivity contribution in [2.24, 2.45) is 0 Å². The molecule has 0 saturated heterocycles. The summed E-state index contributed by atoms with van der Waals surface area (Å²) >= 11 is 0.921. The van der Waals surface area contributed by atoms with Gasteiger partial charge in [-0.25, -0.2) is 8.78 Å². The molecule has 6 nitrogen and oxygen atoms in total. The Kier molecular flexibility index (Phi) is 5.02. The molecule has 9 heteroatoms. The molecule has 0 aliphatic rings. The second-order valence-electron chi connectivity index (χ2n) is 4.67. The van der Waals surface area contributed by atoms with Crippen molar-refractivity contribution in [3.63, 3.8) is 0 Å². The predicted molar refractivity (Wildman–Crippen MR) is 79.4 cm³/mol. The average Bonchev–Trinajstić information content (AvgIpc) is 2.87. The molecular formula is C14H12F2N2O4S. The molecule has 1 aromatic heterocycles. The molecule has 0 radical (unpaired) electrons. The lowest BCUT2D eigenvalue weighted by molar-refractivity contribution is -0.385. The van der Waals surface area contributed by atoms with Crippen LogP contribution in [0.2, 0.25) is 0 Å². The van der Waals surface area contributed by atoms with Crippen molar-refractivity contribution in [1.82, 2.24) is 5.32 Å². The van der Waals surface area contributed by atoms with Gasteiger partial charge in [0.15, 0.2) is 0 Å². The zero-order valence-electron chi connectivity index (χ0n) is 11.9. The minimum atomic E-state index is -1.57. The highest BCUT2D eigenvalue weighted by Gasteiger charge is 2.22. The summed E-state index contributed by atoms with van der Waals surface area (Å²) in [6.45, 7) is 1.07. The Morgan fingerprint density at radius 3 is 2.57 bits per heavy atom. The number of hydrogen-bond acceptors (Lipinski definition) is 5. The molecule has 1 aromatic carbocycles. The van der Waals surface area contributed by atoms with Gasteiger partial charge in [0.25, 0.3) is 11.6 Å². The lowest BCUT2D eigenvalue weighted by Gasteiger charge is -2.13. The van der Waals surface area contributed by atoms with Crippen molar-refractivity contribution in [2.45, 2.75) is 13.0 Å². The quantitative estimate of drug-likeness (QED) is 0.645. The molecule has 2 N–H and O–H groups in total. The topological polar surface area (TPSA) is 92.5 Å². The number of carbonyl (C=O) groups is 1. The molecule has 23 heavy (non-hydrogen) atoms. The summed E-state index contributed by atoms with van der Waals surface area (Å²) in [6, 6.07) is 4.27. The van der Waals surface area contributed by atoms with Gasteiger partial charge in [-0.3, -0.25) is 14.9 Å². The molecule has 2 rings (SSSR count). The van der Waals surface area contributed by atoms with Gasteiger partial charge >= 0.3 is 0 Å². The summed E-state index contributed by atoms with van der Waals surface area (Å²) in [6.07, 6.45) is -1.57. The molecule has 0 aliphatic heterocycles. The number of halogens is 2. The molecule has 0 aliphatic carbocycles. The number of amides is 1. The maximum atomic E-state index is 13.5. The van der Waals surface area contributed by atoms with Crippen LogP contribution in [0.15, 0.2) is 24.3 Å². The normalized spacial score (nSPS) is 12.0. The number of aliphatic hydroxyl groups is 1. The smallest absolute Gasteiger partial charge is 0.283 e. The Morgan fingerprint density at radius 2 is 2.04 bits per heavy atom. The zero-order valence-corrected chi connectivity index (χ0v) is 12.7. The average molecular weight is 342 g/mol.